The van der Waals surface area contributed by atoms with Crippen molar-refractivity contribution in [3.05, 3.63) is 62.5 Å². The molecule has 3 aromatic rings. The van der Waals surface area contributed by atoms with Gasteiger partial charge < -0.3 is 5.32 Å². The van der Waals surface area contributed by atoms with E-state index in [0.717, 1.165) is 16.2 Å². The van der Waals surface area contributed by atoms with Crippen LogP contribution in [0.2, 0.25) is 0 Å². The minimum Gasteiger partial charge on any atom is -0.316 e. The molecule has 1 aromatic carbocycles. The highest BCUT2D eigenvalue weighted by molar-refractivity contribution is 7.18. The van der Waals surface area contributed by atoms with Gasteiger partial charge in [0.1, 0.15) is 21.8 Å². The topological polar surface area (TPSA) is 109 Å². The molecular weight excluding hydrogens is 384 g/mol. The molecule has 0 bridgehead atoms. The van der Waals surface area contributed by atoms with Gasteiger partial charge in [-0.05, 0) is 23.6 Å². The van der Waals surface area contributed by atoms with E-state index in [9.17, 15) is 20.2 Å². The number of nitrogens with one attached hydrogen (secondary N) is 1. The second-order valence-electron chi connectivity index (χ2n) is 5.34. The maximum absolute atomic E-state index is 11.5. The Labute approximate surface area is 162 Å². The van der Waals surface area contributed by atoms with Crippen molar-refractivity contribution in [1.29, 1.82) is 5.26 Å². The molecule has 0 radical (unpaired) electrons. The second-order valence-corrected chi connectivity index (χ2v) is 7.29. The van der Waals surface area contributed by atoms with E-state index in [1.807, 2.05) is 23.6 Å². The molecule has 1 N–H and O–H groups in total. The normalized spacial score (nSPS) is 11.0. The fourth-order valence-electron chi connectivity index (χ4n) is 2.33. The highest BCUT2D eigenvalue weighted by atomic mass is 32.1. The molecule has 0 spiro atoms. The largest absolute Gasteiger partial charge is 0.316 e. The van der Waals surface area contributed by atoms with E-state index in [4.69, 9.17) is 0 Å². The molecule has 0 aliphatic carbocycles. The summed E-state index contributed by atoms with van der Waals surface area (Å²) in [6, 6.07) is 12.0. The van der Waals surface area contributed by atoms with Gasteiger partial charge in [0.2, 0.25) is 5.91 Å². The molecule has 3 rings (SSSR count). The minimum atomic E-state index is -0.498. The van der Waals surface area contributed by atoms with Gasteiger partial charge in [-0.1, -0.05) is 29.5 Å². The van der Waals surface area contributed by atoms with Crippen LogP contribution in [-0.4, -0.2) is 15.8 Å². The lowest BCUT2D eigenvalue weighted by Gasteiger charge is -1.99. The number of amides is 1. The Morgan fingerprint density at radius 2 is 2.11 bits per heavy atom. The predicted octanol–water partition coefficient (Wildman–Crippen LogP) is 4.80. The summed E-state index contributed by atoms with van der Waals surface area (Å²) in [6.07, 6.45) is 1.44. The number of nitro groups is 1. The Hall–Kier alpha value is -3.35. The van der Waals surface area contributed by atoms with Crippen molar-refractivity contribution in [1.82, 2.24) is 4.98 Å². The van der Waals surface area contributed by atoms with Crippen molar-refractivity contribution in [3.8, 4) is 16.6 Å². The average Bonchev–Trinajstić information content (AvgIpc) is 3.29. The first-order chi connectivity index (χ1) is 13.0. The molecule has 0 fully saturated rings. The van der Waals surface area contributed by atoms with Crippen LogP contribution in [0.5, 0.6) is 0 Å². The highest BCUT2D eigenvalue weighted by Crippen LogP contribution is 2.38. The highest BCUT2D eigenvalue weighted by Gasteiger charge is 2.19. The predicted molar refractivity (Wildman–Crippen MR) is 106 cm³/mol. The number of anilines is 1. The first-order valence-electron chi connectivity index (χ1n) is 7.67. The number of thiophene rings is 1. The van der Waals surface area contributed by atoms with Crippen LogP contribution in [0.4, 0.5) is 10.7 Å². The molecule has 0 atom stereocenters. The number of hydrogen-bond acceptors (Lipinski definition) is 7. The fraction of sp³-hybridized carbons (Fsp3) is 0.0556. The summed E-state index contributed by atoms with van der Waals surface area (Å²) in [6.45, 7) is 1.39. The second kappa shape index (κ2) is 7.90. The molecule has 0 saturated heterocycles. The standard InChI is InChI=1S/C18H12N4O3S2/c1-11(23)20-18-16(15-7-4-8-26-15)21-17(27-18)13(10-19)9-12-5-2-3-6-14(12)22(24)25/h2-9H,1H3,(H,20,23). The van der Waals surface area contributed by atoms with Crippen LogP contribution in [0.25, 0.3) is 22.2 Å². The molecule has 9 heteroatoms. The number of aromatic nitrogens is 1. The summed E-state index contributed by atoms with van der Waals surface area (Å²) < 4.78 is 0. The Morgan fingerprint density at radius 3 is 2.74 bits per heavy atom. The molecule has 0 aliphatic rings. The Morgan fingerprint density at radius 1 is 1.33 bits per heavy atom. The molecule has 2 aromatic heterocycles. The average molecular weight is 396 g/mol. The van der Waals surface area contributed by atoms with Crippen LogP contribution in [0.15, 0.2) is 41.8 Å². The molecule has 0 unspecified atom stereocenters. The fourth-order valence-corrected chi connectivity index (χ4v) is 4.11. The zero-order chi connectivity index (χ0) is 19.4. The van der Waals surface area contributed by atoms with Gasteiger partial charge in [-0.3, -0.25) is 14.9 Å². The van der Waals surface area contributed by atoms with Gasteiger partial charge in [-0.25, -0.2) is 4.98 Å². The van der Waals surface area contributed by atoms with Crippen LogP contribution >= 0.6 is 22.7 Å². The maximum Gasteiger partial charge on any atom is 0.276 e. The third-order valence-electron chi connectivity index (χ3n) is 3.46. The van der Waals surface area contributed by atoms with Crippen molar-refractivity contribution in [2.45, 2.75) is 6.92 Å². The van der Waals surface area contributed by atoms with Crippen molar-refractivity contribution < 1.29 is 9.72 Å². The molecule has 1 amide bonds. The minimum absolute atomic E-state index is 0.0950. The third-order valence-corrected chi connectivity index (χ3v) is 5.34. The van der Waals surface area contributed by atoms with Gasteiger partial charge in [0, 0.05) is 13.0 Å². The molecule has 7 nitrogen and oxygen atoms in total. The Balaban J connectivity index is 2.10. The van der Waals surface area contributed by atoms with Crippen LogP contribution in [-0.2, 0) is 4.79 Å². The molecule has 134 valence electrons. The molecule has 0 aliphatic heterocycles. The molecular formula is C18H12N4O3S2. The summed E-state index contributed by atoms with van der Waals surface area (Å²) in [7, 11) is 0. The van der Waals surface area contributed by atoms with Crippen molar-refractivity contribution in [2.75, 3.05) is 5.32 Å². The van der Waals surface area contributed by atoms with Gasteiger partial charge in [0.05, 0.1) is 20.9 Å². The van der Waals surface area contributed by atoms with Gasteiger partial charge in [-0.15, -0.1) is 11.3 Å². The van der Waals surface area contributed by atoms with E-state index in [0.29, 0.717) is 21.3 Å². The number of para-hydroxylation sites is 1. The van der Waals surface area contributed by atoms with Gasteiger partial charge in [0.15, 0.2) is 0 Å². The van der Waals surface area contributed by atoms with Gasteiger partial charge in [0.25, 0.3) is 5.69 Å². The number of allylic oxidation sites excluding steroid dienone is 1. The van der Waals surface area contributed by atoms with E-state index < -0.39 is 4.92 Å². The summed E-state index contributed by atoms with van der Waals surface area (Å²) in [5.74, 6) is -0.246. The first kappa shape index (κ1) is 18.4. The van der Waals surface area contributed by atoms with Crippen LogP contribution < -0.4 is 5.32 Å². The summed E-state index contributed by atoms with van der Waals surface area (Å²) in [4.78, 5) is 27.6. The number of carbonyl (C=O) groups is 1. The van der Waals surface area contributed by atoms with E-state index in [1.165, 1.54) is 30.4 Å². The Bertz CT molecular complexity index is 1080. The van der Waals surface area contributed by atoms with E-state index >= 15 is 0 Å². The number of nitro benzene ring substituents is 1. The Kier molecular flexibility index (Phi) is 5.40. The smallest absolute Gasteiger partial charge is 0.276 e. The van der Waals surface area contributed by atoms with Gasteiger partial charge >= 0.3 is 0 Å². The number of benzene rings is 1. The zero-order valence-corrected chi connectivity index (χ0v) is 15.6. The lowest BCUT2D eigenvalue weighted by molar-refractivity contribution is -0.385. The zero-order valence-electron chi connectivity index (χ0n) is 14.0. The van der Waals surface area contributed by atoms with E-state index in [1.54, 1.807) is 18.2 Å². The maximum atomic E-state index is 11.5. The van der Waals surface area contributed by atoms with E-state index in [-0.39, 0.29) is 17.2 Å². The number of carbonyl (C=O) groups excluding carboxylic acids is 1. The van der Waals surface area contributed by atoms with E-state index in [2.05, 4.69) is 10.3 Å². The number of thiazole rings is 1. The summed E-state index contributed by atoms with van der Waals surface area (Å²) in [5, 5.41) is 26.3. The quantitative estimate of drug-likeness (QED) is 0.378. The lowest BCUT2D eigenvalue weighted by Crippen LogP contribution is -2.04. The van der Waals surface area contributed by atoms with Crippen LogP contribution in [0.3, 0.4) is 0 Å². The number of rotatable bonds is 5. The lowest BCUT2D eigenvalue weighted by atomic mass is 10.1. The number of nitrogens with zero attached hydrogens (tertiary/aromatic N) is 3. The number of nitriles is 1. The van der Waals surface area contributed by atoms with Crippen molar-refractivity contribution in [3.63, 3.8) is 0 Å². The van der Waals surface area contributed by atoms with Crippen molar-refractivity contribution >= 4 is 50.9 Å². The van der Waals surface area contributed by atoms with Gasteiger partial charge in [-0.2, -0.15) is 5.26 Å². The summed E-state index contributed by atoms with van der Waals surface area (Å²) in [5.41, 5.74) is 0.975. The van der Waals surface area contributed by atoms with Crippen LogP contribution in [0, 0.1) is 21.4 Å². The summed E-state index contributed by atoms with van der Waals surface area (Å²) >= 11 is 2.62. The van der Waals surface area contributed by atoms with Crippen LogP contribution in [0.1, 0.15) is 17.5 Å². The molecule has 2 heterocycles. The third kappa shape index (κ3) is 4.08. The first-order valence-corrected chi connectivity index (χ1v) is 9.37. The molecule has 27 heavy (non-hydrogen) atoms. The monoisotopic (exact) mass is 396 g/mol. The van der Waals surface area contributed by atoms with Crippen molar-refractivity contribution in [2.24, 2.45) is 0 Å². The SMILES string of the molecule is CC(=O)Nc1sc(C(C#N)=Cc2ccccc2[N+](=O)[O-])nc1-c1cccs1. The molecule has 0 saturated carbocycles. The number of hydrogen-bond donors (Lipinski definition) is 1.